The quantitative estimate of drug-likeness (QED) is 0.484. The molecule has 0 amide bonds. The molecule has 1 radical (unpaired) electrons. The fraction of sp³-hybridized carbons (Fsp3) is 0.167. The van der Waals surface area contributed by atoms with Crippen molar-refractivity contribution in [2.75, 3.05) is 0 Å². The summed E-state index contributed by atoms with van der Waals surface area (Å²) >= 11 is 5.51. The molecule has 0 aliphatic rings. The molecular formula is C6H5ClN. The summed E-state index contributed by atoms with van der Waals surface area (Å²) in [7, 11) is 0. The van der Waals surface area contributed by atoms with E-state index in [0.717, 1.165) is 5.56 Å². The van der Waals surface area contributed by atoms with E-state index in [2.05, 4.69) is 11.1 Å². The fourth-order valence-corrected chi connectivity index (χ4v) is 0.666. The fourth-order valence-electron chi connectivity index (χ4n) is 0.453. The van der Waals surface area contributed by atoms with Crippen LogP contribution in [-0.2, 0) is 0 Å². The molecule has 0 bridgehead atoms. The molecule has 0 unspecified atom stereocenters. The van der Waals surface area contributed by atoms with Gasteiger partial charge < -0.3 is 0 Å². The molecule has 0 aliphatic heterocycles. The van der Waals surface area contributed by atoms with Crippen LogP contribution >= 0.6 is 11.6 Å². The van der Waals surface area contributed by atoms with Crippen LogP contribution in [-0.4, -0.2) is 4.98 Å². The highest BCUT2D eigenvalue weighted by Crippen LogP contribution is 2.03. The maximum absolute atomic E-state index is 5.51. The second-order valence-electron chi connectivity index (χ2n) is 1.55. The maximum atomic E-state index is 5.51. The molecule has 0 saturated carbocycles. The average molecular weight is 127 g/mol. The number of aryl methyl sites for hydroxylation is 1. The minimum Gasteiger partial charge on any atom is -0.244 e. The molecule has 1 rings (SSSR count). The molecule has 0 atom stereocenters. The first-order valence-corrected chi connectivity index (χ1v) is 2.66. The minimum atomic E-state index is 0.529. The van der Waals surface area contributed by atoms with E-state index < -0.39 is 0 Å². The number of aromatic nitrogens is 1. The van der Waals surface area contributed by atoms with Crippen molar-refractivity contribution >= 4 is 11.6 Å². The van der Waals surface area contributed by atoms with Gasteiger partial charge in [-0.05, 0) is 18.6 Å². The smallest absolute Gasteiger partial charge is 0.129 e. The van der Waals surface area contributed by atoms with E-state index in [4.69, 9.17) is 11.6 Å². The van der Waals surface area contributed by atoms with E-state index in [9.17, 15) is 0 Å². The van der Waals surface area contributed by atoms with E-state index >= 15 is 0 Å². The highest BCUT2D eigenvalue weighted by atomic mass is 35.5. The predicted molar refractivity (Wildman–Crippen MR) is 32.8 cm³/mol. The van der Waals surface area contributed by atoms with Gasteiger partial charge in [-0.2, -0.15) is 0 Å². The van der Waals surface area contributed by atoms with Crippen LogP contribution in [0.5, 0.6) is 0 Å². The van der Waals surface area contributed by atoms with Gasteiger partial charge in [0, 0.05) is 12.3 Å². The SMILES string of the molecule is Cc1[c]cnc(Cl)c1. The lowest BCUT2D eigenvalue weighted by atomic mass is 10.3. The lowest BCUT2D eigenvalue weighted by molar-refractivity contribution is 1.28. The second-order valence-corrected chi connectivity index (χ2v) is 1.94. The molecule has 0 spiro atoms. The van der Waals surface area contributed by atoms with Gasteiger partial charge in [0.25, 0.3) is 0 Å². The summed E-state index contributed by atoms with van der Waals surface area (Å²) < 4.78 is 0. The Morgan fingerprint density at radius 2 is 2.50 bits per heavy atom. The Balaban J connectivity index is 3.08. The molecular weight excluding hydrogens is 122 g/mol. The molecule has 1 heterocycles. The summed E-state index contributed by atoms with van der Waals surface area (Å²) in [5, 5.41) is 0.529. The Kier molecular flexibility index (Phi) is 1.49. The van der Waals surface area contributed by atoms with Crippen molar-refractivity contribution in [1.29, 1.82) is 0 Å². The number of hydrogen-bond donors (Lipinski definition) is 0. The van der Waals surface area contributed by atoms with Crippen LogP contribution in [0.2, 0.25) is 5.15 Å². The zero-order chi connectivity index (χ0) is 5.98. The van der Waals surface area contributed by atoms with Gasteiger partial charge in [0.1, 0.15) is 5.15 Å². The number of hydrogen-bond acceptors (Lipinski definition) is 1. The molecule has 0 aliphatic carbocycles. The molecule has 2 heteroatoms. The zero-order valence-corrected chi connectivity index (χ0v) is 5.24. The third-order valence-electron chi connectivity index (χ3n) is 0.816. The number of pyridine rings is 1. The van der Waals surface area contributed by atoms with Gasteiger partial charge >= 0.3 is 0 Å². The Hall–Kier alpha value is -0.560. The molecule has 0 saturated heterocycles. The molecule has 1 aromatic heterocycles. The van der Waals surface area contributed by atoms with Gasteiger partial charge in [0.05, 0.1) is 0 Å². The Labute approximate surface area is 53.3 Å². The minimum absolute atomic E-state index is 0.529. The topological polar surface area (TPSA) is 12.9 Å². The van der Waals surface area contributed by atoms with Crippen molar-refractivity contribution in [3.05, 3.63) is 29.0 Å². The molecule has 0 N–H and O–H groups in total. The average Bonchev–Trinajstić information content (AvgIpc) is 1.64. The lowest BCUT2D eigenvalue weighted by Crippen LogP contribution is -1.74. The van der Waals surface area contributed by atoms with Crippen molar-refractivity contribution in [2.24, 2.45) is 0 Å². The Morgan fingerprint density at radius 3 is 2.88 bits per heavy atom. The van der Waals surface area contributed by atoms with Crippen LogP contribution in [0.25, 0.3) is 0 Å². The Bertz CT molecular complexity index is 168. The first-order chi connectivity index (χ1) is 3.79. The monoisotopic (exact) mass is 126 g/mol. The van der Waals surface area contributed by atoms with Gasteiger partial charge in [0.2, 0.25) is 0 Å². The number of rotatable bonds is 0. The summed E-state index contributed by atoms with van der Waals surface area (Å²) in [6, 6.07) is 4.64. The normalized spacial score (nSPS) is 9.25. The summed E-state index contributed by atoms with van der Waals surface area (Å²) in [6.45, 7) is 1.92. The molecule has 41 valence electrons. The second kappa shape index (κ2) is 2.14. The van der Waals surface area contributed by atoms with E-state index in [0.29, 0.717) is 5.15 Å². The molecule has 1 nitrogen and oxygen atoms in total. The highest BCUT2D eigenvalue weighted by Gasteiger charge is 1.85. The molecule has 0 aromatic carbocycles. The van der Waals surface area contributed by atoms with Crippen LogP contribution in [0.1, 0.15) is 5.56 Å². The summed E-state index contributed by atoms with van der Waals surface area (Å²) in [6.07, 6.45) is 1.57. The van der Waals surface area contributed by atoms with E-state index in [1.807, 2.05) is 6.92 Å². The third kappa shape index (κ3) is 1.20. The van der Waals surface area contributed by atoms with Crippen molar-refractivity contribution in [2.45, 2.75) is 6.92 Å². The number of nitrogens with zero attached hydrogens (tertiary/aromatic N) is 1. The Morgan fingerprint density at radius 1 is 1.75 bits per heavy atom. The van der Waals surface area contributed by atoms with Crippen molar-refractivity contribution < 1.29 is 0 Å². The first kappa shape index (κ1) is 5.57. The summed E-state index contributed by atoms with van der Waals surface area (Å²) in [5.41, 5.74) is 1.02. The number of halogens is 1. The molecule has 1 aromatic rings. The van der Waals surface area contributed by atoms with E-state index in [-0.39, 0.29) is 0 Å². The first-order valence-electron chi connectivity index (χ1n) is 2.29. The highest BCUT2D eigenvalue weighted by molar-refractivity contribution is 6.29. The zero-order valence-electron chi connectivity index (χ0n) is 4.48. The largest absolute Gasteiger partial charge is 0.244 e. The van der Waals surface area contributed by atoms with Crippen LogP contribution in [0, 0.1) is 13.0 Å². The maximum Gasteiger partial charge on any atom is 0.129 e. The molecule has 8 heavy (non-hydrogen) atoms. The van der Waals surface area contributed by atoms with E-state index in [1.165, 1.54) is 0 Å². The lowest BCUT2D eigenvalue weighted by Gasteiger charge is -1.87. The molecule has 0 fully saturated rings. The van der Waals surface area contributed by atoms with Crippen molar-refractivity contribution in [3.63, 3.8) is 0 Å². The van der Waals surface area contributed by atoms with Gasteiger partial charge in [-0.3, -0.25) is 0 Å². The van der Waals surface area contributed by atoms with Crippen LogP contribution in [0.4, 0.5) is 0 Å². The summed E-state index contributed by atoms with van der Waals surface area (Å²) in [5.74, 6) is 0. The summed E-state index contributed by atoms with van der Waals surface area (Å²) in [4.78, 5) is 3.75. The predicted octanol–water partition coefficient (Wildman–Crippen LogP) is 1.84. The standard InChI is InChI=1S/C6H5ClN/c1-5-2-3-8-6(7)4-5/h3-4H,1H3. The third-order valence-corrected chi connectivity index (χ3v) is 1.02. The van der Waals surface area contributed by atoms with E-state index in [1.54, 1.807) is 12.3 Å². The van der Waals surface area contributed by atoms with Crippen molar-refractivity contribution in [3.8, 4) is 0 Å². The van der Waals surface area contributed by atoms with Gasteiger partial charge in [-0.15, -0.1) is 0 Å². The van der Waals surface area contributed by atoms with Gasteiger partial charge in [0.15, 0.2) is 0 Å². The van der Waals surface area contributed by atoms with Gasteiger partial charge in [-0.1, -0.05) is 11.6 Å². The van der Waals surface area contributed by atoms with Gasteiger partial charge in [-0.25, -0.2) is 4.98 Å². The van der Waals surface area contributed by atoms with Crippen LogP contribution in [0.3, 0.4) is 0 Å². The van der Waals surface area contributed by atoms with Crippen molar-refractivity contribution in [1.82, 2.24) is 4.98 Å². The van der Waals surface area contributed by atoms with Crippen LogP contribution < -0.4 is 0 Å². The van der Waals surface area contributed by atoms with Crippen LogP contribution in [0.15, 0.2) is 12.3 Å².